The highest BCUT2D eigenvalue weighted by molar-refractivity contribution is 5.74. The quantitative estimate of drug-likeness (QED) is 0.0228. The fourth-order valence-corrected chi connectivity index (χ4v) is 8.03. The third kappa shape index (κ3) is 41.8. The summed E-state index contributed by atoms with van der Waals surface area (Å²) in [6.45, 7) is 5.66. The average molecular weight is 1080 g/mol. The van der Waals surface area contributed by atoms with Gasteiger partial charge in [-0.25, -0.2) is 4.79 Å². The molecule has 0 aromatic carbocycles. The van der Waals surface area contributed by atoms with Crippen LogP contribution in [0.4, 0.5) is 0 Å². The highest BCUT2D eigenvalue weighted by Crippen LogP contribution is 2.26. The van der Waals surface area contributed by atoms with Crippen molar-refractivity contribution in [2.75, 3.05) is 13.2 Å². The fraction of sp³-hybridized carbons (Fsp3) is 0.631. The largest absolute Gasteiger partial charge is 0.479 e. The second-order valence-corrected chi connectivity index (χ2v) is 19.5. The van der Waals surface area contributed by atoms with Crippen molar-refractivity contribution >= 4 is 23.9 Å². The summed E-state index contributed by atoms with van der Waals surface area (Å²) in [5, 5.41) is 31.5. The summed E-state index contributed by atoms with van der Waals surface area (Å²) in [6.07, 6.45) is 58.8. The van der Waals surface area contributed by atoms with E-state index in [2.05, 4.69) is 136 Å². The van der Waals surface area contributed by atoms with Gasteiger partial charge in [0.15, 0.2) is 24.6 Å². The van der Waals surface area contributed by atoms with Crippen molar-refractivity contribution < 1.29 is 58.2 Å². The van der Waals surface area contributed by atoms with Crippen molar-refractivity contribution in [1.82, 2.24) is 0 Å². The number of carboxylic acids is 1. The Hall–Kier alpha value is -4.88. The smallest absolute Gasteiger partial charge is 0.335 e. The highest BCUT2D eigenvalue weighted by Gasteiger charge is 2.50. The van der Waals surface area contributed by atoms with E-state index in [4.69, 9.17) is 23.7 Å². The molecule has 1 aliphatic rings. The summed E-state index contributed by atoms with van der Waals surface area (Å²) >= 11 is 0. The summed E-state index contributed by atoms with van der Waals surface area (Å²) in [4.78, 5) is 51.1. The maximum atomic E-state index is 13.1. The second kappa shape index (κ2) is 51.9. The standard InChI is InChI=1S/C65H102O12/c1-4-7-10-13-16-19-22-25-28-29-32-33-36-39-42-45-48-51-57(66)73-54-56(75-58(67)52-49-46-43-40-37-34-30-26-23-20-17-14-11-8-5-2)55-74-65-63(61(70)60(69)62(77-65)64(71)72)76-59(68)53-50-47-44-41-38-35-31-27-24-21-18-15-12-9-6-3/h7,9-10,12,16-21,25-28,30-33,39,42,56,60-63,65,69-70H,4-6,8,11,13-15,22-24,29,34-38,40-41,43-55H2,1-3H3,(H,71,72)/b10-7-,12-9-,19-16-,20-17-,21-18-,28-25-,30-26-,31-27-,33-32-,42-39-. The van der Waals surface area contributed by atoms with Gasteiger partial charge < -0.3 is 39.0 Å². The first kappa shape index (κ1) is 70.1. The number of carbonyl (C=O) groups is 4. The number of esters is 3. The van der Waals surface area contributed by atoms with Gasteiger partial charge in [-0.2, -0.15) is 0 Å². The van der Waals surface area contributed by atoms with E-state index in [0.717, 1.165) is 128 Å². The molecule has 3 N–H and O–H groups in total. The molecule has 0 bridgehead atoms. The van der Waals surface area contributed by atoms with Crippen molar-refractivity contribution in [3.63, 3.8) is 0 Å². The van der Waals surface area contributed by atoms with Gasteiger partial charge >= 0.3 is 23.9 Å². The molecule has 12 nitrogen and oxygen atoms in total. The fourth-order valence-electron chi connectivity index (χ4n) is 8.03. The van der Waals surface area contributed by atoms with Crippen LogP contribution in [0.1, 0.15) is 213 Å². The minimum Gasteiger partial charge on any atom is -0.479 e. The van der Waals surface area contributed by atoms with E-state index >= 15 is 0 Å². The third-order valence-electron chi connectivity index (χ3n) is 12.5. The van der Waals surface area contributed by atoms with E-state index in [1.54, 1.807) is 0 Å². The Kier molecular flexibility index (Phi) is 47.2. The van der Waals surface area contributed by atoms with Gasteiger partial charge in [-0.15, -0.1) is 0 Å². The number of carbonyl (C=O) groups excluding carboxylic acids is 3. The normalized spacial score (nSPS) is 18.9. The lowest BCUT2D eigenvalue weighted by atomic mass is 9.98. The molecule has 1 fully saturated rings. The Morgan fingerprint density at radius 2 is 0.831 bits per heavy atom. The molecule has 1 rings (SSSR count). The zero-order valence-electron chi connectivity index (χ0n) is 47.7. The number of unbranched alkanes of at least 4 members (excludes halogenated alkanes) is 14. The Morgan fingerprint density at radius 3 is 1.29 bits per heavy atom. The Morgan fingerprint density at radius 1 is 0.442 bits per heavy atom. The molecule has 0 aliphatic carbocycles. The van der Waals surface area contributed by atoms with Crippen LogP contribution in [0.2, 0.25) is 0 Å². The molecule has 0 radical (unpaired) electrons. The van der Waals surface area contributed by atoms with Gasteiger partial charge in [-0.1, -0.05) is 194 Å². The van der Waals surface area contributed by atoms with Gasteiger partial charge in [0.2, 0.25) is 0 Å². The van der Waals surface area contributed by atoms with Crippen molar-refractivity contribution in [2.24, 2.45) is 0 Å². The van der Waals surface area contributed by atoms with Crippen molar-refractivity contribution in [3.05, 3.63) is 122 Å². The summed E-state index contributed by atoms with van der Waals surface area (Å²) in [6, 6.07) is 0. The zero-order valence-corrected chi connectivity index (χ0v) is 47.7. The van der Waals surface area contributed by atoms with Gasteiger partial charge in [0.05, 0.1) is 6.61 Å². The molecule has 1 aliphatic heterocycles. The molecule has 6 atom stereocenters. The van der Waals surface area contributed by atoms with Crippen molar-refractivity contribution in [3.8, 4) is 0 Å². The number of hydrogen-bond donors (Lipinski definition) is 3. The van der Waals surface area contributed by atoms with Crippen LogP contribution >= 0.6 is 0 Å². The lowest BCUT2D eigenvalue weighted by Gasteiger charge is -2.40. The molecule has 0 spiro atoms. The molecule has 0 saturated carbocycles. The molecule has 434 valence electrons. The maximum absolute atomic E-state index is 13.1. The number of rotatable bonds is 48. The number of aliphatic hydroxyl groups excluding tert-OH is 2. The SMILES string of the molecule is CC/C=C\C/C=C\C/C=C\C/C=C\C/C=C\CCCC(=O)OCC(COC1OC(C(=O)O)C(O)C(O)C1OC(=O)CCCCCCC/C=C\C/C=C\C/C=C\CC)OC(=O)CCCCCCC/C=C\C/C=C\CCCCC. The second-order valence-electron chi connectivity index (χ2n) is 19.5. The lowest BCUT2D eigenvalue weighted by molar-refractivity contribution is -0.301. The molecule has 0 amide bonds. The average Bonchev–Trinajstić information content (AvgIpc) is 3.42. The van der Waals surface area contributed by atoms with Crippen LogP contribution in [0.3, 0.4) is 0 Å². The van der Waals surface area contributed by atoms with E-state index in [1.165, 1.54) is 19.3 Å². The zero-order chi connectivity index (χ0) is 56.1. The maximum Gasteiger partial charge on any atom is 0.335 e. The number of allylic oxidation sites excluding steroid dienone is 20. The van der Waals surface area contributed by atoms with Gasteiger partial charge in [-0.3, -0.25) is 14.4 Å². The predicted molar refractivity (Wildman–Crippen MR) is 312 cm³/mol. The number of hydrogen-bond acceptors (Lipinski definition) is 11. The monoisotopic (exact) mass is 1070 g/mol. The molecule has 1 heterocycles. The number of ether oxygens (including phenoxy) is 5. The lowest BCUT2D eigenvalue weighted by Crippen LogP contribution is -2.61. The van der Waals surface area contributed by atoms with Crippen molar-refractivity contribution in [1.29, 1.82) is 0 Å². The van der Waals surface area contributed by atoms with Gasteiger partial charge in [0.25, 0.3) is 0 Å². The van der Waals surface area contributed by atoms with E-state index in [0.29, 0.717) is 25.7 Å². The van der Waals surface area contributed by atoms with E-state index in [1.807, 2.05) is 6.08 Å². The first-order valence-corrected chi connectivity index (χ1v) is 29.5. The molecule has 6 unspecified atom stereocenters. The molecular weight excluding hydrogens is 973 g/mol. The van der Waals surface area contributed by atoms with Gasteiger partial charge in [-0.05, 0) is 122 Å². The molecule has 0 aromatic rings. The molecular formula is C65H102O12. The number of aliphatic carboxylic acids is 1. The summed E-state index contributed by atoms with van der Waals surface area (Å²) in [5.74, 6) is -3.26. The molecule has 77 heavy (non-hydrogen) atoms. The van der Waals surface area contributed by atoms with Crippen LogP contribution in [0.25, 0.3) is 0 Å². The van der Waals surface area contributed by atoms with Crippen molar-refractivity contribution in [2.45, 2.75) is 250 Å². The molecule has 1 saturated heterocycles. The minimum atomic E-state index is -1.92. The van der Waals surface area contributed by atoms with Gasteiger partial charge in [0.1, 0.15) is 18.8 Å². The summed E-state index contributed by atoms with van der Waals surface area (Å²) in [5.41, 5.74) is 0. The first-order chi connectivity index (χ1) is 37.6. The topological polar surface area (TPSA) is 175 Å². The molecule has 12 heteroatoms. The Labute approximate surface area is 465 Å². The van der Waals surface area contributed by atoms with E-state index < -0.39 is 67.3 Å². The first-order valence-electron chi connectivity index (χ1n) is 29.5. The van der Waals surface area contributed by atoms with Crippen LogP contribution in [0.5, 0.6) is 0 Å². The highest BCUT2D eigenvalue weighted by atomic mass is 16.7. The summed E-state index contributed by atoms with van der Waals surface area (Å²) < 4.78 is 28.3. The van der Waals surface area contributed by atoms with Crippen LogP contribution in [0.15, 0.2) is 122 Å². The van der Waals surface area contributed by atoms with Crippen LogP contribution in [-0.2, 0) is 42.9 Å². The molecule has 0 aromatic heterocycles. The van der Waals surface area contributed by atoms with Crippen LogP contribution in [-0.4, -0.2) is 89.2 Å². The minimum absolute atomic E-state index is 0.0273. The summed E-state index contributed by atoms with van der Waals surface area (Å²) in [7, 11) is 0. The predicted octanol–water partition coefficient (Wildman–Crippen LogP) is 15.2. The van der Waals surface area contributed by atoms with E-state index in [-0.39, 0.29) is 25.9 Å². The number of carboxylic acid groups (broad SMARTS) is 1. The Bertz CT molecular complexity index is 1800. The van der Waals surface area contributed by atoms with Crippen LogP contribution in [0, 0.1) is 0 Å². The third-order valence-corrected chi connectivity index (χ3v) is 12.5. The number of aliphatic hydroxyl groups is 2. The Balaban J connectivity index is 2.76. The van der Waals surface area contributed by atoms with E-state index in [9.17, 15) is 34.5 Å². The van der Waals surface area contributed by atoms with Gasteiger partial charge in [0, 0.05) is 19.3 Å². The van der Waals surface area contributed by atoms with Crippen LogP contribution < -0.4 is 0 Å².